The van der Waals surface area contributed by atoms with Crippen LogP contribution in [0.25, 0.3) is 6.08 Å². The van der Waals surface area contributed by atoms with E-state index in [1.165, 1.54) is 23.9 Å². The first kappa shape index (κ1) is 17.4. The smallest absolute Gasteiger partial charge is 0.269 e. The Balaban J connectivity index is 1.85. The molecule has 126 valence electrons. The van der Waals surface area contributed by atoms with Crippen molar-refractivity contribution in [1.82, 2.24) is 5.32 Å². The Kier molecular flexibility index (Phi) is 5.00. The molecule has 1 heterocycles. The molecule has 6 nitrogen and oxygen atoms in total. The first-order chi connectivity index (χ1) is 11.9. The minimum absolute atomic E-state index is 0.0137. The molecule has 2 aromatic rings. The molecule has 3 rings (SSSR count). The van der Waals surface area contributed by atoms with Crippen LogP contribution in [0, 0.1) is 17.0 Å². The SMILES string of the molecule is Cc1cc([N+](=O)[O-])ccc1N=C1NC(=O)/C(=C\c2cccc(Br)c2)S1. The number of amides is 1. The van der Waals surface area contributed by atoms with Gasteiger partial charge in [0.2, 0.25) is 0 Å². The highest BCUT2D eigenvalue weighted by atomic mass is 79.9. The molecule has 0 unspecified atom stereocenters. The molecule has 2 aromatic carbocycles. The van der Waals surface area contributed by atoms with Crippen LogP contribution in [0.2, 0.25) is 0 Å². The summed E-state index contributed by atoms with van der Waals surface area (Å²) in [5, 5.41) is 13.9. The summed E-state index contributed by atoms with van der Waals surface area (Å²) in [6.45, 7) is 1.74. The first-order valence-corrected chi connectivity index (χ1v) is 8.83. The van der Waals surface area contributed by atoms with Gasteiger partial charge in [0.05, 0.1) is 15.5 Å². The Hall–Kier alpha value is -2.45. The van der Waals surface area contributed by atoms with Crippen molar-refractivity contribution < 1.29 is 9.72 Å². The number of amidine groups is 1. The van der Waals surface area contributed by atoms with Gasteiger partial charge in [-0.15, -0.1) is 0 Å². The molecule has 0 aromatic heterocycles. The standard InChI is InChI=1S/C17H12BrN3O3S/c1-10-7-13(21(23)24)5-6-14(10)19-17-20-16(22)15(25-17)9-11-3-2-4-12(18)8-11/h2-9H,1H3,(H,19,20,22)/b15-9+. The number of aryl methyl sites for hydroxylation is 1. The van der Waals surface area contributed by atoms with E-state index in [4.69, 9.17) is 0 Å². The zero-order chi connectivity index (χ0) is 18.0. The fourth-order valence-electron chi connectivity index (χ4n) is 2.22. The van der Waals surface area contributed by atoms with E-state index >= 15 is 0 Å². The number of nitro groups is 1. The van der Waals surface area contributed by atoms with E-state index in [1.54, 1.807) is 19.1 Å². The summed E-state index contributed by atoms with van der Waals surface area (Å²) in [6, 6.07) is 12.0. The Morgan fingerprint density at radius 2 is 2.08 bits per heavy atom. The molecule has 0 atom stereocenters. The van der Waals surface area contributed by atoms with Crippen LogP contribution < -0.4 is 5.32 Å². The number of carbonyl (C=O) groups excluding carboxylic acids is 1. The quantitative estimate of drug-likeness (QED) is 0.450. The van der Waals surface area contributed by atoms with Crippen LogP contribution in [-0.2, 0) is 4.79 Å². The molecule has 0 spiro atoms. The first-order valence-electron chi connectivity index (χ1n) is 7.22. The van der Waals surface area contributed by atoms with Crippen molar-refractivity contribution in [2.45, 2.75) is 6.92 Å². The van der Waals surface area contributed by atoms with Gasteiger partial charge in [0, 0.05) is 16.6 Å². The van der Waals surface area contributed by atoms with Gasteiger partial charge in [-0.1, -0.05) is 28.1 Å². The largest absolute Gasteiger partial charge is 0.300 e. The average Bonchev–Trinajstić information content (AvgIpc) is 2.88. The van der Waals surface area contributed by atoms with Gasteiger partial charge in [-0.2, -0.15) is 0 Å². The Morgan fingerprint density at radius 3 is 2.76 bits per heavy atom. The predicted molar refractivity (Wildman–Crippen MR) is 103 cm³/mol. The minimum atomic E-state index is -0.450. The van der Waals surface area contributed by atoms with Crippen molar-refractivity contribution >= 4 is 56.2 Å². The maximum Gasteiger partial charge on any atom is 0.269 e. The molecule has 8 heteroatoms. The summed E-state index contributed by atoms with van der Waals surface area (Å²) in [7, 11) is 0. The maximum atomic E-state index is 12.1. The van der Waals surface area contributed by atoms with Gasteiger partial charge in [-0.25, -0.2) is 4.99 Å². The van der Waals surface area contributed by atoms with Gasteiger partial charge in [0.1, 0.15) is 0 Å². The summed E-state index contributed by atoms with van der Waals surface area (Å²) in [5.74, 6) is -0.219. The van der Waals surface area contributed by atoms with Crippen LogP contribution in [0.5, 0.6) is 0 Å². The molecule has 25 heavy (non-hydrogen) atoms. The highest BCUT2D eigenvalue weighted by Crippen LogP contribution is 2.30. The minimum Gasteiger partial charge on any atom is -0.300 e. The van der Waals surface area contributed by atoms with E-state index in [9.17, 15) is 14.9 Å². The number of hydrogen-bond donors (Lipinski definition) is 1. The number of aliphatic imine (C=N–C) groups is 1. The van der Waals surface area contributed by atoms with Crippen molar-refractivity contribution in [3.05, 3.63) is 73.1 Å². The van der Waals surface area contributed by atoms with Crippen molar-refractivity contribution in [2.75, 3.05) is 0 Å². The normalized spacial score (nSPS) is 17.1. The third-order valence-corrected chi connectivity index (χ3v) is 4.81. The second kappa shape index (κ2) is 7.20. The van der Waals surface area contributed by atoms with Gasteiger partial charge < -0.3 is 5.32 Å². The monoisotopic (exact) mass is 417 g/mol. The van der Waals surface area contributed by atoms with E-state index in [0.717, 1.165) is 10.0 Å². The van der Waals surface area contributed by atoms with Gasteiger partial charge in [-0.05, 0) is 54.1 Å². The molecule has 0 bridgehead atoms. The highest BCUT2D eigenvalue weighted by Gasteiger charge is 2.24. The van der Waals surface area contributed by atoms with Crippen LogP contribution in [0.15, 0.2) is 56.8 Å². The lowest BCUT2D eigenvalue weighted by Gasteiger charge is -2.01. The number of halogens is 1. The molecule has 0 aliphatic carbocycles. The Morgan fingerprint density at radius 1 is 1.28 bits per heavy atom. The fraction of sp³-hybridized carbons (Fsp3) is 0.0588. The zero-order valence-corrected chi connectivity index (χ0v) is 15.4. The van der Waals surface area contributed by atoms with Crippen molar-refractivity contribution in [3.8, 4) is 0 Å². The molecule has 1 aliphatic rings. The van der Waals surface area contributed by atoms with E-state index in [-0.39, 0.29) is 11.6 Å². The average molecular weight is 418 g/mol. The predicted octanol–water partition coefficient (Wildman–Crippen LogP) is 4.56. The number of non-ortho nitro benzene ring substituents is 1. The van der Waals surface area contributed by atoms with Crippen LogP contribution in [0.1, 0.15) is 11.1 Å². The van der Waals surface area contributed by atoms with E-state index in [2.05, 4.69) is 26.2 Å². The molecule has 1 amide bonds. The summed E-state index contributed by atoms with van der Waals surface area (Å²) in [5.41, 5.74) is 2.16. The summed E-state index contributed by atoms with van der Waals surface area (Å²) >= 11 is 4.63. The van der Waals surface area contributed by atoms with Crippen LogP contribution in [0.3, 0.4) is 0 Å². The van der Waals surface area contributed by atoms with Gasteiger partial charge >= 0.3 is 0 Å². The zero-order valence-electron chi connectivity index (χ0n) is 13.0. The maximum absolute atomic E-state index is 12.1. The third-order valence-electron chi connectivity index (χ3n) is 3.41. The number of nitro benzene ring substituents is 1. The molecular formula is C17H12BrN3O3S. The number of rotatable bonds is 3. The number of hydrogen-bond acceptors (Lipinski definition) is 5. The molecule has 1 aliphatic heterocycles. The van der Waals surface area contributed by atoms with Crippen LogP contribution >= 0.6 is 27.7 Å². The summed E-state index contributed by atoms with van der Waals surface area (Å²) in [4.78, 5) is 27.4. The second-order valence-corrected chi connectivity index (χ2v) is 7.21. The van der Waals surface area contributed by atoms with E-state index < -0.39 is 4.92 Å². The van der Waals surface area contributed by atoms with Crippen LogP contribution in [-0.4, -0.2) is 16.0 Å². The second-order valence-electron chi connectivity index (χ2n) is 5.26. The number of thioether (sulfide) groups is 1. The summed E-state index contributed by atoms with van der Waals surface area (Å²) < 4.78 is 0.931. The molecule has 1 saturated heterocycles. The number of benzene rings is 2. The molecule has 0 saturated carbocycles. The van der Waals surface area contributed by atoms with Gasteiger partial charge in [0.15, 0.2) is 5.17 Å². The number of nitrogens with one attached hydrogen (secondary N) is 1. The highest BCUT2D eigenvalue weighted by molar-refractivity contribution is 9.10. The summed E-state index contributed by atoms with van der Waals surface area (Å²) in [6.07, 6.45) is 1.79. The van der Waals surface area contributed by atoms with Gasteiger partial charge in [-0.3, -0.25) is 14.9 Å². The lowest BCUT2D eigenvalue weighted by Crippen LogP contribution is -2.19. The van der Waals surface area contributed by atoms with Crippen molar-refractivity contribution in [3.63, 3.8) is 0 Å². The van der Waals surface area contributed by atoms with E-state index in [1.807, 2.05) is 24.3 Å². The molecular weight excluding hydrogens is 406 g/mol. The fourth-order valence-corrected chi connectivity index (χ4v) is 3.47. The number of nitrogens with zero attached hydrogens (tertiary/aromatic N) is 2. The lowest BCUT2D eigenvalue weighted by atomic mass is 10.2. The molecule has 1 N–H and O–H groups in total. The molecule has 1 fully saturated rings. The third kappa shape index (κ3) is 4.15. The number of carbonyl (C=O) groups is 1. The van der Waals surface area contributed by atoms with Gasteiger partial charge in [0.25, 0.3) is 11.6 Å². The lowest BCUT2D eigenvalue weighted by molar-refractivity contribution is -0.384. The van der Waals surface area contributed by atoms with Crippen molar-refractivity contribution in [2.24, 2.45) is 4.99 Å². The topological polar surface area (TPSA) is 84.6 Å². The molecule has 0 radical (unpaired) electrons. The van der Waals surface area contributed by atoms with Crippen LogP contribution in [0.4, 0.5) is 11.4 Å². The Bertz CT molecular complexity index is 940. The Labute approximate surface area is 156 Å². The van der Waals surface area contributed by atoms with E-state index in [0.29, 0.717) is 21.3 Å². The van der Waals surface area contributed by atoms with Crippen molar-refractivity contribution in [1.29, 1.82) is 0 Å².